The van der Waals surface area contributed by atoms with Crippen molar-refractivity contribution >= 4 is 0 Å². The lowest BCUT2D eigenvalue weighted by Crippen LogP contribution is -2.32. The van der Waals surface area contributed by atoms with Gasteiger partial charge in [0, 0.05) is 17.1 Å². The fraction of sp³-hybridized carbons (Fsp3) is 0.600. The molecule has 0 spiro atoms. The molecular weight excluding hydrogens is 240 g/mol. The Balaban J connectivity index is 2.97. The second-order valence-electron chi connectivity index (χ2n) is 5.70. The molecule has 108 valence electrons. The van der Waals surface area contributed by atoms with Crippen LogP contribution < -0.4 is 20.9 Å². The van der Waals surface area contributed by atoms with Gasteiger partial charge >= 0.3 is 0 Å². The van der Waals surface area contributed by atoms with Gasteiger partial charge in [-0.2, -0.15) is 0 Å². The minimum atomic E-state index is -0.209. The van der Waals surface area contributed by atoms with Gasteiger partial charge in [0.1, 0.15) is 11.5 Å². The molecule has 1 rings (SSSR count). The number of benzene rings is 1. The lowest BCUT2D eigenvalue weighted by atomic mass is 9.93. The SMILES string of the molecule is COc1cc(C(N)CCC(C)(C)N)c(OC)cc1C. The average Bonchev–Trinajstić information content (AvgIpc) is 2.34. The third kappa shape index (κ3) is 4.40. The van der Waals surface area contributed by atoms with Gasteiger partial charge in [0.15, 0.2) is 0 Å². The van der Waals surface area contributed by atoms with E-state index in [-0.39, 0.29) is 11.6 Å². The first-order chi connectivity index (χ1) is 8.78. The van der Waals surface area contributed by atoms with Gasteiger partial charge in [0.2, 0.25) is 0 Å². The van der Waals surface area contributed by atoms with Gasteiger partial charge in [-0.25, -0.2) is 0 Å². The van der Waals surface area contributed by atoms with Gasteiger partial charge in [0.25, 0.3) is 0 Å². The maximum absolute atomic E-state index is 6.26. The largest absolute Gasteiger partial charge is 0.496 e. The Bertz CT molecular complexity index is 425. The zero-order valence-corrected chi connectivity index (χ0v) is 12.6. The summed E-state index contributed by atoms with van der Waals surface area (Å²) in [5.41, 5.74) is 14.1. The molecule has 1 atom stereocenters. The molecule has 0 fully saturated rings. The van der Waals surface area contributed by atoms with Crippen molar-refractivity contribution in [3.63, 3.8) is 0 Å². The summed E-state index contributed by atoms with van der Waals surface area (Å²) in [5.74, 6) is 1.64. The quantitative estimate of drug-likeness (QED) is 0.830. The van der Waals surface area contributed by atoms with E-state index in [2.05, 4.69) is 0 Å². The van der Waals surface area contributed by atoms with Crippen LogP contribution in [0.4, 0.5) is 0 Å². The van der Waals surface area contributed by atoms with E-state index >= 15 is 0 Å². The van der Waals surface area contributed by atoms with Crippen LogP contribution in [0.3, 0.4) is 0 Å². The smallest absolute Gasteiger partial charge is 0.124 e. The van der Waals surface area contributed by atoms with Gasteiger partial charge in [-0.15, -0.1) is 0 Å². The topological polar surface area (TPSA) is 70.5 Å². The summed E-state index contributed by atoms with van der Waals surface area (Å²) in [6.07, 6.45) is 1.67. The highest BCUT2D eigenvalue weighted by Gasteiger charge is 2.18. The Hall–Kier alpha value is -1.26. The van der Waals surface area contributed by atoms with Crippen molar-refractivity contribution in [3.05, 3.63) is 23.3 Å². The number of hydrogen-bond donors (Lipinski definition) is 2. The number of nitrogens with two attached hydrogens (primary N) is 2. The molecule has 0 aliphatic rings. The van der Waals surface area contributed by atoms with E-state index in [1.54, 1.807) is 14.2 Å². The number of methoxy groups -OCH3 is 2. The minimum absolute atomic E-state index is 0.104. The van der Waals surface area contributed by atoms with Crippen LogP contribution >= 0.6 is 0 Å². The lowest BCUT2D eigenvalue weighted by molar-refractivity contribution is 0.385. The van der Waals surface area contributed by atoms with Crippen molar-refractivity contribution in [1.82, 2.24) is 0 Å². The highest BCUT2D eigenvalue weighted by molar-refractivity contribution is 5.47. The monoisotopic (exact) mass is 266 g/mol. The molecule has 4 nitrogen and oxygen atoms in total. The fourth-order valence-electron chi connectivity index (χ4n) is 2.05. The predicted octanol–water partition coefficient (Wildman–Crippen LogP) is 2.53. The van der Waals surface area contributed by atoms with Gasteiger partial charge < -0.3 is 20.9 Å². The van der Waals surface area contributed by atoms with Crippen molar-refractivity contribution in [2.45, 2.75) is 45.2 Å². The molecule has 0 aliphatic carbocycles. The Labute approximate surface area is 116 Å². The molecule has 0 saturated carbocycles. The van der Waals surface area contributed by atoms with E-state index in [0.717, 1.165) is 35.5 Å². The Morgan fingerprint density at radius 1 is 1.16 bits per heavy atom. The average molecular weight is 266 g/mol. The van der Waals surface area contributed by atoms with E-state index in [9.17, 15) is 0 Å². The Morgan fingerprint density at radius 2 is 1.74 bits per heavy atom. The zero-order chi connectivity index (χ0) is 14.6. The first kappa shape index (κ1) is 15.8. The van der Waals surface area contributed by atoms with E-state index in [4.69, 9.17) is 20.9 Å². The van der Waals surface area contributed by atoms with E-state index in [1.807, 2.05) is 32.9 Å². The standard InChI is InChI=1S/C15H26N2O2/c1-10-8-14(19-5)11(9-13(10)18-4)12(16)6-7-15(2,3)17/h8-9,12H,6-7,16-17H2,1-5H3. The zero-order valence-electron chi connectivity index (χ0n) is 12.6. The molecular formula is C15H26N2O2. The van der Waals surface area contributed by atoms with Crippen LogP contribution in [-0.2, 0) is 0 Å². The molecule has 4 heteroatoms. The van der Waals surface area contributed by atoms with Crippen LogP contribution in [0.25, 0.3) is 0 Å². The van der Waals surface area contributed by atoms with Gasteiger partial charge in [-0.3, -0.25) is 0 Å². The van der Waals surface area contributed by atoms with Crippen LogP contribution in [-0.4, -0.2) is 19.8 Å². The second-order valence-corrected chi connectivity index (χ2v) is 5.70. The summed E-state index contributed by atoms with van der Waals surface area (Å²) in [7, 11) is 3.32. The van der Waals surface area contributed by atoms with Crippen molar-refractivity contribution < 1.29 is 9.47 Å². The molecule has 4 N–H and O–H groups in total. The van der Waals surface area contributed by atoms with Crippen molar-refractivity contribution in [2.24, 2.45) is 11.5 Å². The van der Waals surface area contributed by atoms with E-state index in [0.29, 0.717) is 0 Å². The number of ether oxygens (including phenoxy) is 2. The molecule has 1 aromatic rings. The summed E-state index contributed by atoms with van der Waals surface area (Å²) >= 11 is 0. The molecule has 0 heterocycles. The third-order valence-corrected chi connectivity index (χ3v) is 3.25. The molecule has 0 amide bonds. The summed E-state index contributed by atoms with van der Waals surface area (Å²) in [5, 5.41) is 0. The molecule has 0 bridgehead atoms. The Morgan fingerprint density at radius 3 is 2.21 bits per heavy atom. The highest BCUT2D eigenvalue weighted by Crippen LogP contribution is 2.33. The maximum atomic E-state index is 6.26. The van der Waals surface area contributed by atoms with Crippen LogP contribution in [0.1, 0.15) is 43.9 Å². The summed E-state index contributed by atoms with van der Waals surface area (Å²) in [4.78, 5) is 0. The van der Waals surface area contributed by atoms with E-state index < -0.39 is 0 Å². The number of aryl methyl sites for hydroxylation is 1. The molecule has 0 aromatic heterocycles. The predicted molar refractivity (Wildman–Crippen MR) is 78.7 cm³/mol. The van der Waals surface area contributed by atoms with Crippen molar-refractivity contribution in [3.8, 4) is 11.5 Å². The summed E-state index contributed by atoms with van der Waals surface area (Å²) < 4.78 is 10.8. The van der Waals surface area contributed by atoms with Crippen LogP contribution in [0.2, 0.25) is 0 Å². The van der Waals surface area contributed by atoms with Gasteiger partial charge in [-0.1, -0.05) is 0 Å². The van der Waals surface area contributed by atoms with Crippen molar-refractivity contribution in [2.75, 3.05) is 14.2 Å². The summed E-state index contributed by atoms with van der Waals surface area (Å²) in [6.45, 7) is 6.00. The lowest BCUT2D eigenvalue weighted by Gasteiger charge is -2.23. The van der Waals surface area contributed by atoms with Crippen LogP contribution in [0, 0.1) is 6.92 Å². The third-order valence-electron chi connectivity index (χ3n) is 3.25. The first-order valence-electron chi connectivity index (χ1n) is 6.55. The molecule has 1 unspecified atom stereocenters. The van der Waals surface area contributed by atoms with Crippen molar-refractivity contribution in [1.29, 1.82) is 0 Å². The first-order valence-corrected chi connectivity index (χ1v) is 6.55. The summed E-state index contributed by atoms with van der Waals surface area (Å²) in [6, 6.07) is 3.82. The number of rotatable bonds is 6. The van der Waals surface area contributed by atoms with E-state index in [1.165, 1.54) is 0 Å². The minimum Gasteiger partial charge on any atom is -0.496 e. The Kier molecular flexibility index (Phi) is 5.20. The second kappa shape index (κ2) is 6.26. The highest BCUT2D eigenvalue weighted by atomic mass is 16.5. The molecule has 1 aromatic carbocycles. The van der Waals surface area contributed by atoms with Crippen LogP contribution in [0.5, 0.6) is 11.5 Å². The fourth-order valence-corrected chi connectivity index (χ4v) is 2.05. The molecule has 19 heavy (non-hydrogen) atoms. The number of hydrogen-bond acceptors (Lipinski definition) is 4. The normalized spacial score (nSPS) is 13.2. The maximum Gasteiger partial charge on any atom is 0.124 e. The van der Waals surface area contributed by atoms with Gasteiger partial charge in [-0.05, 0) is 51.3 Å². The molecule has 0 saturated heterocycles. The molecule has 0 radical (unpaired) electrons. The van der Waals surface area contributed by atoms with Gasteiger partial charge in [0.05, 0.1) is 14.2 Å². The molecule has 0 aliphatic heterocycles. The van der Waals surface area contributed by atoms with Crippen LogP contribution in [0.15, 0.2) is 12.1 Å².